The lowest BCUT2D eigenvalue weighted by molar-refractivity contribution is -0.121. The normalized spacial score (nSPS) is 17.4. The maximum Gasteiger partial charge on any atom is 0.407 e. The van der Waals surface area contributed by atoms with Gasteiger partial charge in [-0.3, -0.25) is 9.36 Å². The molecule has 0 aliphatic carbocycles. The number of rotatable bonds is 20. The van der Waals surface area contributed by atoms with Gasteiger partial charge in [0.15, 0.2) is 0 Å². The lowest BCUT2D eigenvalue weighted by Gasteiger charge is -2.23. The molecule has 2 heterocycles. The first kappa shape index (κ1) is 36.4. The van der Waals surface area contributed by atoms with E-state index in [-0.39, 0.29) is 31.4 Å². The molecule has 1 aliphatic heterocycles. The largest absolute Gasteiger partial charge is 0.465 e. The predicted octanol–water partition coefficient (Wildman–Crippen LogP) is 5.99. The van der Waals surface area contributed by atoms with Crippen LogP contribution in [0.4, 0.5) is 10.6 Å². The highest BCUT2D eigenvalue weighted by molar-refractivity contribution is 8.00. The molecule has 1 aromatic rings. The Labute approximate surface area is 265 Å². The van der Waals surface area contributed by atoms with E-state index in [9.17, 15) is 19.5 Å². The van der Waals surface area contributed by atoms with Crippen molar-refractivity contribution in [2.45, 2.75) is 70.0 Å². The topological polar surface area (TPSA) is 140 Å². The first-order valence-corrected chi connectivity index (χ1v) is 16.2. The molecule has 2 rings (SSSR count). The second kappa shape index (κ2) is 22.7. The van der Waals surface area contributed by atoms with Crippen LogP contribution in [0.1, 0.15) is 64.5 Å². The van der Waals surface area contributed by atoms with E-state index in [4.69, 9.17) is 10.5 Å². The van der Waals surface area contributed by atoms with Crippen LogP contribution in [0.5, 0.6) is 0 Å². The first-order chi connectivity index (χ1) is 21.4. The molecule has 0 spiro atoms. The second-order valence-electron chi connectivity index (χ2n) is 9.93. The Morgan fingerprint density at radius 1 is 1.02 bits per heavy atom. The van der Waals surface area contributed by atoms with E-state index in [1.54, 1.807) is 0 Å². The molecule has 240 valence electrons. The van der Waals surface area contributed by atoms with Gasteiger partial charge in [0.05, 0.1) is 6.54 Å². The maximum absolute atomic E-state index is 12.2. The Hall–Kier alpha value is -3.83. The molecule has 1 aliphatic rings. The van der Waals surface area contributed by atoms with Crippen LogP contribution in [0.2, 0.25) is 0 Å². The Kier molecular flexibility index (Phi) is 18.7. The summed E-state index contributed by atoms with van der Waals surface area (Å²) in [6.45, 7) is 2.59. The van der Waals surface area contributed by atoms with Crippen LogP contribution in [0.25, 0.3) is 0 Å². The number of hydrogen-bond acceptors (Lipinski definition) is 7. The van der Waals surface area contributed by atoms with Crippen molar-refractivity contribution < 1.29 is 19.4 Å². The molecule has 0 radical (unpaired) electrons. The van der Waals surface area contributed by atoms with Crippen molar-refractivity contribution in [3.05, 3.63) is 95.7 Å². The van der Waals surface area contributed by atoms with Crippen molar-refractivity contribution in [1.29, 1.82) is 0 Å². The van der Waals surface area contributed by atoms with Gasteiger partial charge >= 0.3 is 11.8 Å². The van der Waals surface area contributed by atoms with Gasteiger partial charge in [0.2, 0.25) is 5.91 Å². The number of nitrogens with zero attached hydrogens (tertiary/aromatic N) is 3. The van der Waals surface area contributed by atoms with Gasteiger partial charge in [0, 0.05) is 31.5 Å². The SMILES string of the molecule is CCC=CCC=CCC=CCC=CCC=CCC=CCCC(=O)NCCN(C[C@@H]1O[C@H](n2ccc(N)nc2=O)CS1)C(=O)O. The summed E-state index contributed by atoms with van der Waals surface area (Å²) in [6.07, 6.45) is 32.2. The van der Waals surface area contributed by atoms with Crippen LogP contribution in [0.15, 0.2) is 90.0 Å². The molecule has 0 bridgehead atoms. The zero-order chi connectivity index (χ0) is 31.8. The predicted molar refractivity (Wildman–Crippen MR) is 179 cm³/mol. The number of aromatic nitrogens is 2. The summed E-state index contributed by atoms with van der Waals surface area (Å²) < 4.78 is 7.20. The Bertz CT molecular complexity index is 1240. The Morgan fingerprint density at radius 3 is 2.14 bits per heavy atom. The quantitative estimate of drug-likeness (QED) is 0.150. The van der Waals surface area contributed by atoms with Crippen LogP contribution in [0, 0.1) is 0 Å². The standard InChI is InChI=1S/C33H47N5O5S/c1-2-3-4-5-6-7-8-9-10-11-12-13-14-15-16-17-18-19-20-21-29(39)35-23-25-37(33(41)42)26-31-43-30(27-44-31)38-24-22-28(34)36-32(38)40/h3-4,6-7,9-10,12-13,15-16,18-19,22,24,30-31H,2,5,8,11,14,17,20-21,23,25-27H2,1H3,(H,35,39)(H,41,42)(H2,34,36,40)/t30-,31+/m0/s1. The number of allylic oxidation sites excluding steroid dienone is 12. The molecule has 2 amide bonds. The average Bonchev–Trinajstić information content (AvgIpc) is 3.46. The zero-order valence-corrected chi connectivity index (χ0v) is 26.4. The van der Waals surface area contributed by atoms with E-state index in [0.717, 1.165) is 38.5 Å². The molecule has 1 saturated heterocycles. The maximum atomic E-state index is 12.2. The monoisotopic (exact) mass is 625 g/mol. The molecule has 1 aromatic heterocycles. The number of nitrogens with one attached hydrogen (secondary N) is 1. The fraction of sp³-hybridized carbons (Fsp3) is 0.455. The number of hydrogen-bond donors (Lipinski definition) is 3. The number of ether oxygens (including phenoxy) is 1. The van der Waals surface area contributed by atoms with Gasteiger partial charge in [-0.2, -0.15) is 4.98 Å². The third kappa shape index (κ3) is 16.1. The molecular formula is C33H47N5O5S. The van der Waals surface area contributed by atoms with E-state index < -0.39 is 23.4 Å². The number of carboxylic acid groups (broad SMARTS) is 1. The van der Waals surface area contributed by atoms with Gasteiger partial charge in [-0.1, -0.05) is 79.8 Å². The summed E-state index contributed by atoms with van der Waals surface area (Å²) in [6, 6.07) is 1.51. The number of carbonyl (C=O) groups excluding carboxylic acids is 1. The van der Waals surface area contributed by atoms with E-state index in [0.29, 0.717) is 18.6 Å². The van der Waals surface area contributed by atoms with Crippen LogP contribution < -0.4 is 16.7 Å². The fourth-order valence-electron chi connectivity index (χ4n) is 4.05. The summed E-state index contributed by atoms with van der Waals surface area (Å²) in [5.74, 6) is 0.483. The van der Waals surface area contributed by atoms with E-state index >= 15 is 0 Å². The third-order valence-corrected chi connectivity index (χ3v) is 7.48. The van der Waals surface area contributed by atoms with Crippen LogP contribution in [-0.2, 0) is 9.53 Å². The van der Waals surface area contributed by atoms with Crippen molar-refractivity contribution in [1.82, 2.24) is 19.8 Å². The minimum atomic E-state index is -1.10. The van der Waals surface area contributed by atoms with Crippen molar-refractivity contribution in [2.75, 3.05) is 31.1 Å². The molecule has 0 aromatic carbocycles. The number of nitrogens with two attached hydrogens (primary N) is 1. The summed E-state index contributed by atoms with van der Waals surface area (Å²) in [5, 5.41) is 12.4. The van der Waals surface area contributed by atoms with Gasteiger partial charge < -0.3 is 25.8 Å². The van der Waals surface area contributed by atoms with Gasteiger partial charge in [0.25, 0.3) is 0 Å². The van der Waals surface area contributed by atoms with Gasteiger partial charge in [-0.15, -0.1) is 11.8 Å². The number of anilines is 1. The van der Waals surface area contributed by atoms with Crippen molar-refractivity contribution >= 4 is 29.6 Å². The Balaban J connectivity index is 1.52. The van der Waals surface area contributed by atoms with Gasteiger partial charge in [0.1, 0.15) is 17.5 Å². The van der Waals surface area contributed by atoms with E-state index in [1.165, 1.54) is 33.5 Å². The number of carbonyl (C=O) groups is 2. The summed E-state index contributed by atoms with van der Waals surface area (Å²) in [7, 11) is 0. The average molecular weight is 626 g/mol. The molecule has 11 heteroatoms. The molecular weight excluding hydrogens is 578 g/mol. The van der Waals surface area contributed by atoms with E-state index in [1.807, 2.05) is 12.2 Å². The lowest BCUT2D eigenvalue weighted by Crippen LogP contribution is -2.41. The molecule has 2 atom stereocenters. The van der Waals surface area contributed by atoms with E-state index in [2.05, 4.69) is 78.0 Å². The summed E-state index contributed by atoms with van der Waals surface area (Å²) in [5.41, 5.74) is 4.57. The highest BCUT2D eigenvalue weighted by Gasteiger charge is 2.30. The highest BCUT2D eigenvalue weighted by Crippen LogP contribution is 2.31. The minimum Gasteiger partial charge on any atom is -0.465 e. The summed E-state index contributed by atoms with van der Waals surface area (Å²) >= 11 is 1.42. The molecule has 0 unspecified atom stereocenters. The van der Waals surface area contributed by atoms with Crippen LogP contribution >= 0.6 is 11.8 Å². The molecule has 44 heavy (non-hydrogen) atoms. The van der Waals surface area contributed by atoms with Gasteiger partial charge in [-0.25, -0.2) is 9.59 Å². The van der Waals surface area contributed by atoms with Crippen LogP contribution in [0.3, 0.4) is 0 Å². The minimum absolute atomic E-state index is 0.113. The number of nitrogen functional groups attached to an aromatic ring is 1. The highest BCUT2D eigenvalue weighted by atomic mass is 32.2. The van der Waals surface area contributed by atoms with Crippen molar-refractivity contribution in [3.8, 4) is 0 Å². The van der Waals surface area contributed by atoms with Crippen molar-refractivity contribution in [2.24, 2.45) is 0 Å². The molecule has 1 fully saturated rings. The smallest absolute Gasteiger partial charge is 0.407 e. The molecule has 4 N–H and O–H groups in total. The number of thioether (sulfide) groups is 1. The number of amides is 2. The first-order valence-electron chi connectivity index (χ1n) is 15.2. The molecule has 0 saturated carbocycles. The second-order valence-corrected chi connectivity index (χ2v) is 11.1. The third-order valence-electron chi connectivity index (χ3n) is 6.37. The zero-order valence-electron chi connectivity index (χ0n) is 25.6. The van der Waals surface area contributed by atoms with Gasteiger partial charge in [-0.05, 0) is 51.0 Å². The van der Waals surface area contributed by atoms with Crippen LogP contribution in [-0.4, -0.2) is 62.4 Å². The summed E-state index contributed by atoms with van der Waals surface area (Å²) in [4.78, 5) is 40.8. The molecule has 10 nitrogen and oxygen atoms in total. The lowest BCUT2D eigenvalue weighted by atomic mass is 10.2. The van der Waals surface area contributed by atoms with Crippen molar-refractivity contribution in [3.63, 3.8) is 0 Å². The Morgan fingerprint density at radius 2 is 1.59 bits per heavy atom. The fourth-order valence-corrected chi connectivity index (χ4v) is 5.16.